The Balaban J connectivity index is 1.49. The van der Waals surface area contributed by atoms with Crippen molar-refractivity contribution in [3.63, 3.8) is 0 Å². The van der Waals surface area contributed by atoms with Gasteiger partial charge >= 0.3 is 0 Å². The maximum Gasteiger partial charge on any atom is 0.263 e. The Kier molecular flexibility index (Phi) is 7.68. The maximum absolute atomic E-state index is 13.3. The first-order chi connectivity index (χ1) is 20.9. The van der Waals surface area contributed by atoms with Gasteiger partial charge in [0.15, 0.2) is 0 Å². The van der Waals surface area contributed by atoms with Crippen LogP contribution >= 0.6 is 0 Å². The van der Waals surface area contributed by atoms with Crippen LogP contribution < -0.4 is 4.72 Å². The van der Waals surface area contributed by atoms with Crippen molar-refractivity contribution < 1.29 is 8.42 Å². The van der Waals surface area contributed by atoms with E-state index in [0.29, 0.717) is 11.3 Å². The fraction of sp³-hybridized carbons (Fsp3) is 0.143. The standard InChI is InChI=1S/C35H31N5O2S/c1-3-40(4-2)23-24-14-16-25(17-15-24)30-22-37-35-34(33(30)26-10-6-5-7-11-26)29-20-28(18-19-31(29)38-35)39-43(41,42)32-13-9-8-12-27(32)21-36/h5-20,22,39H,3-4,23H2,1-2H3,(H,37,38). The molecule has 0 aliphatic heterocycles. The molecule has 4 aromatic carbocycles. The molecule has 0 aliphatic carbocycles. The monoisotopic (exact) mass is 585 g/mol. The van der Waals surface area contributed by atoms with Gasteiger partial charge in [0, 0.05) is 45.8 Å². The Labute approximate surface area is 251 Å². The molecule has 0 amide bonds. The number of rotatable bonds is 9. The molecule has 0 atom stereocenters. The Morgan fingerprint density at radius 3 is 2.33 bits per heavy atom. The highest BCUT2D eigenvalue weighted by molar-refractivity contribution is 7.92. The van der Waals surface area contributed by atoms with E-state index in [1.165, 1.54) is 17.7 Å². The Morgan fingerprint density at radius 2 is 1.60 bits per heavy atom. The molecule has 2 aromatic heterocycles. The fourth-order valence-corrected chi connectivity index (χ4v) is 6.75. The summed E-state index contributed by atoms with van der Waals surface area (Å²) in [7, 11) is -3.99. The molecule has 43 heavy (non-hydrogen) atoms. The third-order valence-electron chi connectivity index (χ3n) is 7.80. The molecule has 0 unspecified atom stereocenters. The van der Waals surface area contributed by atoms with E-state index in [-0.39, 0.29) is 10.5 Å². The Morgan fingerprint density at radius 1 is 0.884 bits per heavy atom. The van der Waals surface area contributed by atoms with Crippen LogP contribution in [0.5, 0.6) is 0 Å². The van der Waals surface area contributed by atoms with Crippen LogP contribution in [-0.2, 0) is 16.6 Å². The number of sulfonamides is 1. The number of fused-ring (bicyclic) bond motifs is 3. The summed E-state index contributed by atoms with van der Waals surface area (Å²) in [6, 6.07) is 32.3. The van der Waals surface area contributed by atoms with Crippen molar-refractivity contribution in [3.8, 4) is 28.3 Å². The minimum atomic E-state index is -3.99. The van der Waals surface area contributed by atoms with E-state index in [1.54, 1.807) is 18.2 Å². The number of anilines is 1. The molecule has 8 heteroatoms. The van der Waals surface area contributed by atoms with Gasteiger partial charge in [-0.15, -0.1) is 0 Å². The van der Waals surface area contributed by atoms with Crippen LogP contribution in [0.2, 0.25) is 0 Å². The van der Waals surface area contributed by atoms with Crippen molar-refractivity contribution in [1.29, 1.82) is 5.26 Å². The van der Waals surface area contributed by atoms with Crippen LogP contribution in [-0.4, -0.2) is 36.4 Å². The van der Waals surface area contributed by atoms with E-state index in [0.717, 1.165) is 58.2 Å². The molecule has 0 spiro atoms. The molecule has 0 radical (unpaired) electrons. The van der Waals surface area contributed by atoms with E-state index >= 15 is 0 Å². The summed E-state index contributed by atoms with van der Waals surface area (Å²) in [5.74, 6) is 0. The third kappa shape index (κ3) is 5.48. The van der Waals surface area contributed by atoms with Gasteiger partial charge in [0.1, 0.15) is 16.6 Å². The SMILES string of the molecule is CCN(CC)Cc1ccc(-c2cnc3[nH]c4ccc(NS(=O)(=O)c5ccccc5C#N)cc4c3c2-c2ccccc2)cc1. The zero-order chi connectivity index (χ0) is 30.0. The summed E-state index contributed by atoms with van der Waals surface area (Å²) in [6.07, 6.45) is 1.90. The van der Waals surface area contributed by atoms with E-state index in [4.69, 9.17) is 4.98 Å². The van der Waals surface area contributed by atoms with Crippen molar-refractivity contribution in [2.75, 3.05) is 17.8 Å². The van der Waals surface area contributed by atoms with Gasteiger partial charge < -0.3 is 4.98 Å². The lowest BCUT2D eigenvalue weighted by molar-refractivity contribution is 0.296. The average molecular weight is 586 g/mol. The molecule has 0 bridgehead atoms. The average Bonchev–Trinajstić information content (AvgIpc) is 3.41. The predicted molar refractivity (Wildman–Crippen MR) is 173 cm³/mol. The number of nitrogens with zero attached hydrogens (tertiary/aromatic N) is 3. The largest absolute Gasteiger partial charge is 0.339 e. The number of benzene rings is 4. The minimum Gasteiger partial charge on any atom is -0.339 e. The molecular formula is C35H31N5O2S. The number of aromatic amines is 1. The molecule has 7 nitrogen and oxygen atoms in total. The zero-order valence-corrected chi connectivity index (χ0v) is 24.8. The normalized spacial score (nSPS) is 11.7. The van der Waals surface area contributed by atoms with Crippen LogP contribution in [0.25, 0.3) is 44.2 Å². The fourth-order valence-electron chi connectivity index (χ4n) is 5.54. The van der Waals surface area contributed by atoms with Crippen LogP contribution in [0.4, 0.5) is 5.69 Å². The Bertz CT molecular complexity index is 2080. The summed E-state index contributed by atoms with van der Waals surface area (Å²) in [6.45, 7) is 7.25. The third-order valence-corrected chi connectivity index (χ3v) is 9.24. The van der Waals surface area contributed by atoms with Gasteiger partial charge in [-0.3, -0.25) is 9.62 Å². The summed E-state index contributed by atoms with van der Waals surface area (Å²) in [5.41, 5.74) is 7.38. The second-order valence-electron chi connectivity index (χ2n) is 10.4. The van der Waals surface area contributed by atoms with Crippen LogP contribution in [0.1, 0.15) is 25.0 Å². The molecule has 6 rings (SSSR count). The number of H-pyrrole nitrogens is 1. The summed E-state index contributed by atoms with van der Waals surface area (Å²) in [4.78, 5) is 10.6. The molecule has 2 heterocycles. The number of aromatic nitrogens is 2. The van der Waals surface area contributed by atoms with E-state index in [9.17, 15) is 13.7 Å². The number of nitriles is 1. The first-order valence-corrected chi connectivity index (χ1v) is 15.7. The van der Waals surface area contributed by atoms with Gasteiger partial charge in [-0.2, -0.15) is 5.26 Å². The van der Waals surface area contributed by atoms with Gasteiger partial charge in [-0.1, -0.05) is 80.6 Å². The Hall–Kier alpha value is -4.97. The van der Waals surface area contributed by atoms with Crippen molar-refractivity contribution >= 4 is 37.6 Å². The highest BCUT2D eigenvalue weighted by Crippen LogP contribution is 2.41. The highest BCUT2D eigenvalue weighted by atomic mass is 32.2. The number of hydrogen-bond donors (Lipinski definition) is 2. The zero-order valence-electron chi connectivity index (χ0n) is 24.0. The molecule has 214 valence electrons. The molecule has 2 N–H and O–H groups in total. The predicted octanol–water partition coefficient (Wildman–Crippen LogP) is 7.56. The molecule has 0 saturated carbocycles. The van der Waals surface area contributed by atoms with Gasteiger partial charge in [0.25, 0.3) is 10.0 Å². The summed E-state index contributed by atoms with van der Waals surface area (Å²) < 4.78 is 29.3. The van der Waals surface area contributed by atoms with E-state index in [2.05, 4.69) is 64.9 Å². The quantitative estimate of drug-likeness (QED) is 0.182. The van der Waals surface area contributed by atoms with Crippen molar-refractivity contribution in [1.82, 2.24) is 14.9 Å². The van der Waals surface area contributed by atoms with E-state index < -0.39 is 10.0 Å². The van der Waals surface area contributed by atoms with E-state index in [1.807, 2.05) is 42.6 Å². The lowest BCUT2D eigenvalue weighted by Gasteiger charge is -2.18. The van der Waals surface area contributed by atoms with Crippen LogP contribution in [0.3, 0.4) is 0 Å². The highest BCUT2D eigenvalue weighted by Gasteiger charge is 2.21. The molecule has 0 fully saturated rings. The smallest absolute Gasteiger partial charge is 0.263 e. The van der Waals surface area contributed by atoms with Gasteiger partial charge in [0.05, 0.1) is 5.56 Å². The first-order valence-electron chi connectivity index (χ1n) is 14.2. The summed E-state index contributed by atoms with van der Waals surface area (Å²) in [5, 5.41) is 11.2. The van der Waals surface area contributed by atoms with Crippen molar-refractivity contribution in [3.05, 3.63) is 114 Å². The molecule has 0 aliphatic rings. The van der Waals surface area contributed by atoms with Crippen molar-refractivity contribution in [2.45, 2.75) is 25.3 Å². The van der Waals surface area contributed by atoms with Gasteiger partial charge in [-0.25, -0.2) is 13.4 Å². The summed E-state index contributed by atoms with van der Waals surface area (Å²) >= 11 is 0. The van der Waals surface area contributed by atoms with Crippen LogP contribution in [0.15, 0.2) is 108 Å². The topological polar surface area (TPSA) is 102 Å². The maximum atomic E-state index is 13.3. The lowest BCUT2D eigenvalue weighted by Crippen LogP contribution is -2.21. The second-order valence-corrected chi connectivity index (χ2v) is 12.0. The van der Waals surface area contributed by atoms with Gasteiger partial charge in [0.2, 0.25) is 0 Å². The van der Waals surface area contributed by atoms with Crippen LogP contribution in [0, 0.1) is 11.3 Å². The molecule has 0 saturated heterocycles. The molecular weight excluding hydrogens is 554 g/mol. The number of nitrogens with one attached hydrogen (secondary N) is 2. The lowest BCUT2D eigenvalue weighted by atomic mass is 9.92. The minimum absolute atomic E-state index is 0.0603. The van der Waals surface area contributed by atoms with Gasteiger partial charge in [-0.05, 0) is 60.1 Å². The first kappa shape index (κ1) is 28.2. The number of pyridine rings is 1. The second kappa shape index (κ2) is 11.7. The number of hydrogen-bond acceptors (Lipinski definition) is 5. The molecule has 6 aromatic rings. The van der Waals surface area contributed by atoms with Crippen molar-refractivity contribution in [2.24, 2.45) is 0 Å².